The van der Waals surface area contributed by atoms with E-state index in [0.717, 1.165) is 37.8 Å². The van der Waals surface area contributed by atoms with Crippen molar-refractivity contribution in [1.82, 2.24) is 0 Å². The summed E-state index contributed by atoms with van der Waals surface area (Å²) in [5, 5.41) is 0. The molecule has 0 radical (unpaired) electrons. The first kappa shape index (κ1) is 14.8. The maximum atomic E-state index is 13.7. The number of rotatable bonds is 7. The zero-order valence-corrected chi connectivity index (χ0v) is 11.1. The lowest BCUT2D eigenvalue weighted by atomic mass is 9.96. The summed E-state index contributed by atoms with van der Waals surface area (Å²) < 4.78 is 26.9. The molecule has 0 aliphatic carbocycles. The molecule has 0 saturated heterocycles. The Kier molecular flexibility index (Phi) is 5.96. The van der Waals surface area contributed by atoms with Crippen LogP contribution in [0.25, 0.3) is 0 Å². The molecule has 0 aromatic heterocycles. The zero-order chi connectivity index (χ0) is 13.5. The van der Waals surface area contributed by atoms with Gasteiger partial charge in [0.15, 0.2) is 5.78 Å². The maximum absolute atomic E-state index is 13.7. The van der Waals surface area contributed by atoms with Gasteiger partial charge < -0.3 is 0 Å². The van der Waals surface area contributed by atoms with Crippen LogP contribution in [-0.2, 0) is 6.42 Å². The van der Waals surface area contributed by atoms with E-state index >= 15 is 0 Å². The molecule has 0 spiro atoms. The van der Waals surface area contributed by atoms with Crippen LogP contribution in [0.4, 0.5) is 8.78 Å². The molecule has 1 nitrogen and oxygen atoms in total. The number of hydrogen-bond acceptors (Lipinski definition) is 1. The van der Waals surface area contributed by atoms with Crippen molar-refractivity contribution in [3.8, 4) is 0 Å². The molecular formula is C15H20F2O. The highest BCUT2D eigenvalue weighted by Crippen LogP contribution is 2.20. The molecule has 0 unspecified atom stereocenters. The second kappa shape index (κ2) is 7.24. The summed E-state index contributed by atoms with van der Waals surface area (Å²) in [6, 6.07) is 2.02. The highest BCUT2D eigenvalue weighted by molar-refractivity contribution is 5.97. The Hall–Kier alpha value is -1.25. The molecule has 0 atom stereocenters. The van der Waals surface area contributed by atoms with Gasteiger partial charge in [-0.15, -0.1) is 0 Å². The summed E-state index contributed by atoms with van der Waals surface area (Å²) in [5.41, 5.74) is 0.589. The van der Waals surface area contributed by atoms with E-state index in [1.54, 1.807) is 6.92 Å². The Bertz CT molecular complexity index is 413. The lowest BCUT2D eigenvalue weighted by Crippen LogP contribution is -2.06. The Labute approximate surface area is 107 Å². The van der Waals surface area contributed by atoms with Crippen molar-refractivity contribution in [2.45, 2.75) is 52.4 Å². The second-order valence-electron chi connectivity index (χ2n) is 4.50. The second-order valence-corrected chi connectivity index (χ2v) is 4.50. The van der Waals surface area contributed by atoms with Crippen LogP contribution in [0, 0.1) is 11.6 Å². The average Bonchev–Trinajstić information content (AvgIpc) is 2.35. The minimum Gasteiger partial charge on any atom is -0.294 e. The van der Waals surface area contributed by atoms with Gasteiger partial charge in [0.1, 0.15) is 11.6 Å². The van der Waals surface area contributed by atoms with Crippen molar-refractivity contribution in [3.05, 3.63) is 34.9 Å². The minimum atomic E-state index is -0.679. The third-order valence-electron chi connectivity index (χ3n) is 3.06. The van der Waals surface area contributed by atoms with Crippen LogP contribution >= 0.6 is 0 Å². The summed E-state index contributed by atoms with van der Waals surface area (Å²) in [6.07, 6.45) is 4.82. The van der Waals surface area contributed by atoms with Crippen molar-refractivity contribution in [3.63, 3.8) is 0 Å². The minimum absolute atomic E-state index is 0.195. The Morgan fingerprint density at radius 3 is 2.44 bits per heavy atom. The first-order chi connectivity index (χ1) is 8.60. The van der Waals surface area contributed by atoms with Gasteiger partial charge in [-0.3, -0.25) is 4.79 Å². The van der Waals surface area contributed by atoms with Crippen LogP contribution in [0.5, 0.6) is 0 Å². The van der Waals surface area contributed by atoms with Gasteiger partial charge in [0.05, 0.1) is 0 Å². The number of benzene rings is 1. The molecule has 1 rings (SSSR count). The van der Waals surface area contributed by atoms with Crippen molar-refractivity contribution in [2.24, 2.45) is 0 Å². The molecule has 0 aliphatic rings. The molecule has 1 aromatic rings. The average molecular weight is 254 g/mol. The van der Waals surface area contributed by atoms with Crippen LogP contribution in [0.1, 0.15) is 61.9 Å². The summed E-state index contributed by atoms with van der Waals surface area (Å²) in [6.45, 7) is 3.80. The van der Waals surface area contributed by atoms with E-state index in [2.05, 4.69) is 6.92 Å². The molecule has 0 bridgehead atoms. The molecule has 18 heavy (non-hydrogen) atoms. The summed E-state index contributed by atoms with van der Waals surface area (Å²) >= 11 is 0. The number of unbranched alkanes of at least 4 members (excludes halogenated alkanes) is 3. The molecule has 0 aliphatic heterocycles. The Morgan fingerprint density at radius 1 is 1.11 bits per heavy atom. The predicted octanol–water partition coefficient (Wildman–Crippen LogP) is 4.68. The van der Waals surface area contributed by atoms with Crippen molar-refractivity contribution in [1.29, 1.82) is 0 Å². The van der Waals surface area contributed by atoms with Gasteiger partial charge in [-0.2, -0.15) is 0 Å². The third-order valence-corrected chi connectivity index (χ3v) is 3.06. The number of ketones is 1. The number of hydrogen-bond donors (Lipinski definition) is 0. The van der Waals surface area contributed by atoms with Crippen LogP contribution in [0.3, 0.4) is 0 Å². The van der Waals surface area contributed by atoms with Gasteiger partial charge in [-0.25, -0.2) is 8.78 Å². The molecule has 0 saturated carbocycles. The normalized spacial score (nSPS) is 10.7. The summed E-state index contributed by atoms with van der Waals surface area (Å²) in [4.78, 5) is 11.7. The van der Waals surface area contributed by atoms with Gasteiger partial charge in [0.2, 0.25) is 0 Å². The highest BCUT2D eigenvalue weighted by atomic mass is 19.1. The fraction of sp³-hybridized carbons (Fsp3) is 0.533. The molecule has 0 fully saturated rings. The van der Waals surface area contributed by atoms with Gasteiger partial charge in [-0.05, 0) is 24.5 Å². The fourth-order valence-corrected chi connectivity index (χ4v) is 2.03. The highest BCUT2D eigenvalue weighted by Gasteiger charge is 2.15. The third kappa shape index (κ3) is 3.90. The number of halogens is 2. The molecule has 0 amide bonds. The van der Waals surface area contributed by atoms with Gasteiger partial charge >= 0.3 is 0 Å². The fourth-order valence-electron chi connectivity index (χ4n) is 2.03. The largest absolute Gasteiger partial charge is 0.294 e. The summed E-state index contributed by atoms with van der Waals surface area (Å²) in [7, 11) is 0. The predicted molar refractivity (Wildman–Crippen MR) is 68.8 cm³/mol. The van der Waals surface area contributed by atoms with Gasteiger partial charge in [-0.1, -0.05) is 33.1 Å². The Balaban J connectivity index is 2.90. The van der Waals surface area contributed by atoms with E-state index in [1.807, 2.05) is 0 Å². The molecule has 1 aromatic carbocycles. The first-order valence-corrected chi connectivity index (χ1v) is 6.61. The van der Waals surface area contributed by atoms with Crippen LogP contribution in [-0.4, -0.2) is 5.78 Å². The van der Waals surface area contributed by atoms with Gasteiger partial charge in [0, 0.05) is 18.1 Å². The monoisotopic (exact) mass is 254 g/mol. The van der Waals surface area contributed by atoms with E-state index in [4.69, 9.17) is 0 Å². The number of Topliss-reactive ketones (excluding diaryl/α,β-unsaturated/α-hetero) is 1. The lowest BCUT2D eigenvalue weighted by molar-refractivity contribution is 0.0986. The van der Waals surface area contributed by atoms with Crippen molar-refractivity contribution < 1.29 is 13.6 Å². The SMILES string of the molecule is CCCCCCc1c(F)cc(F)cc1C(=O)CC. The molecule has 3 heteroatoms. The quantitative estimate of drug-likeness (QED) is 0.510. The molecule has 100 valence electrons. The van der Waals surface area contributed by atoms with E-state index in [1.165, 1.54) is 0 Å². The van der Waals surface area contributed by atoms with Crippen LogP contribution in [0.2, 0.25) is 0 Å². The van der Waals surface area contributed by atoms with E-state index in [-0.39, 0.29) is 17.8 Å². The zero-order valence-electron chi connectivity index (χ0n) is 11.1. The summed E-state index contributed by atoms with van der Waals surface area (Å²) in [5.74, 6) is -1.47. The lowest BCUT2D eigenvalue weighted by Gasteiger charge is -2.09. The number of carbonyl (C=O) groups is 1. The Morgan fingerprint density at radius 2 is 1.83 bits per heavy atom. The molecule has 0 N–H and O–H groups in total. The van der Waals surface area contributed by atoms with Crippen LogP contribution < -0.4 is 0 Å². The van der Waals surface area contributed by atoms with Gasteiger partial charge in [0.25, 0.3) is 0 Å². The van der Waals surface area contributed by atoms with E-state index in [0.29, 0.717) is 12.0 Å². The van der Waals surface area contributed by atoms with Crippen molar-refractivity contribution in [2.75, 3.05) is 0 Å². The van der Waals surface area contributed by atoms with Crippen molar-refractivity contribution >= 4 is 5.78 Å². The van der Waals surface area contributed by atoms with Crippen LogP contribution in [0.15, 0.2) is 12.1 Å². The topological polar surface area (TPSA) is 17.1 Å². The molecule has 0 heterocycles. The van der Waals surface area contributed by atoms with E-state index < -0.39 is 11.6 Å². The standard InChI is InChI=1S/C15H20F2O/c1-3-5-6-7-8-12-13(15(18)4-2)9-11(16)10-14(12)17/h9-10H,3-8H2,1-2H3. The molecular weight excluding hydrogens is 234 g/mol. The van der Waals surface area contributed by atoms with E-state index in [9.17, 15) is 13.6 Å². The maximum Gasteiger partial charge on any atom is 0.163 e. The number of carbonyl (C=O) groups excluding carboxylic acids is 1. The smallest absolute Gasteiger partial charge is 0.163 e. The first-order valence-electron chi connectivity index (χ1n) is 6.61.